The fraction of sp³-hybridized carbons (Fsp3) is 0.333. The number of halogens is 1. The number of nitrogens with zero attached hydrogens (tertiary/aromatic N) is 1. The highest BCUT2D eigenvalue weighted by Gasteiger charge is 2.27. The largest absolute Gasteiger partial charge is 0.502 e. The Morgan fingerprint density at radius 1 is 1.60 bits per heavy atom. The zero-order valence-electron chi connectivity index (χ0n) is 7.74. The van der Waals surface area contributed by atoms with Crippen LogP contribution in [0.1, 0.15) is 18.0 Å². The molecule has 80 valence electrons. The van der Waals surface area contributed by atoms with E-state index in [4.69, 9.17) is 0 Å². The molecule has 15 heavy (non-hydrogen) atoms. The van der Waals surface area contributed by atoms with Crippen molar-refractivity contribution in [2.75, 3.05) is 6.54 Å². The lowest BCUT2D eigenvalue weighted by Crippen LogP contribution is -2.35. The molecule has 1 atom stereocenters. The summed E-state index contributed by atoms with van der Waals surface area (Å²) in [5.41, 5.74) is 0.329. The molecular formula is C9H9BrN2O3. The lowest BCUT2D eigenvalue weighted by Gasteiger charge is -2.28. The molecule has 0 amide bonds. The maximum absolute atomic E-state index is 10.7. The molecular weight excluding hydrogens is 264 g/mol. The van der Waals surface area contributed by atoms with Crippen LogP contribution in [0.3, 0.4) is 0 Å². The molecule has 0 unspecified atom stereocenters. The lowest BCUT2D eigenvalue weighted by molar-refractivity contribution is -0.386. The van der Waals surface area contributed by atoms with E-state index in [0.29, 0.717) is 10.0 Å². The van der Waals surface area contributed by atoms with E-state index in [-0.39, 0.29) is 17.5 Å². The SMILES string of the molecule is O=[N+]([O-])c1cc(Br)cc([C@@H]2CCN2)c1O. The first-order valence-electron chi connectivity index (χ1n) is 4.50. The molecule has 1 fully saturated rings. The summed E-state index contributed by atoms with van der Waals surface area (Å²) in [7, 11) is 0. The molecule has 1 heterocycles. The molecule has 1 aromatic rings. The van der Waals surface area contributed by atoms with Gasteiger partial charge in [-0.1, -0.05) is 15.9 Å². The first-order chi connectivity index (χ1) is 7.09. The summed E-state index contributed by atoms with van der Waals surface area (Å²) in [5, 5.41) is 23.5. The summed E-state index contributed by atoms with van der Waals surface area (Å²) in [6.07, 6.45) is 0.890. The summed E-state index contributed by atoms with van der Waals surface area (Å²) in [6, 6.07) is 3.04. The minimum atomic E-state index is -0.581. The van der Waals surface area contributed by atoms with Gasteiger partial charge in [-0.15, -0.1) is 0 Å². The van der Waals surface area contributed by atoms with Crippen molar-refractivity contribution in [3.8, 4) is 5.75 Å². The van der Waals surface area contributed by atoms with Crippen LogP contribution in [0.15, 0.2) is 16.6 Å². The van der Waals surface area contributed by atoms with Crippen molar-refractivity contribution in [1.82, 2.24) is 5.32 Å². The molecule has 1 aliphatic heterocycles. The number of nitro benzene ring substituents is 1. The minimum Gasteiger partial charge on any atom is -0.502 e. The molecule has 0 bridgehead atoms. The monoisotopic (exact) mass is 272 g/mol. The molecule has 1 saturated heterocycles. The van der Waals surface area contributed by atoms with E-state index < -0.39 is 4.92 Å². The van der Waals surface area contributed by atoms with Crippen LogP contribution in [0.5, 0.6) is 5.75 Å². The maximum Gasteiger partial charge on any atom is 0.312 e. The number of nitrogens with one attached hydrogen (secondary N) is 1. The Bertz CT molecular complexity index is 418. The van der Waals surface area contributed by atoms with Gasteiger partial charge in [0.15, 0.2) is 5.75 Å². The van der Waals surface area contributed by atoms with Crippen LogP contribution in [0.2, 0.25) is 0 Å². The van der Waals surface area contributed by atoms with E-state index in [1.807, 2.05) is 0 Å². The third kappa shape index (κ3) is 1.82. The van der Waals surface area contributed by atoms with E-state index in [9.17, 15) is 15.2 Å². The van der Waals surface area contributed by atoms with Crippen molar-refractivity contribution in [3.63, 3.8) is 0 Å². The van der Waals surface area contributed by atoms with E-state index >= 15 is 0 Å². The molecule has 2 N–H and O–H groups in total. The van der Waals surface area contributed by atoms with Crippen molar-refractivity contribution in [2.24, 2.45) is 0 Å². The molecule has 1 aromatic carbocycles. The van der Waals surface area contributed by atoms with Gasteiger partial charge in [-0.3, -0.25) is 10.1 Å². The van der Waals surface area contributed by atoms with Crippen LogP contribution < -0.4 is 5.32 Å². The number of rotatable bonds is 2. The maximum atomic E-state index is 10.7. The van der Waals surface area contributed by atoms with Crippen molar-refractivity contribution in [3.05, 3.63) is 32.3 Å². The summed E-state index contributed by atoms with van der Waals surface area (Å²) >= 11 is 3.19. The average Bonchev–Trinajstić information content (AvgIpc) is 2.07. The molecule has 0 saturated carbocycles. The van der Waals surface area contributed by atoms with Gasteiger partial charge in [0.2, 0.25) is 0 Å². The Labute approximate surface area is 94.4 Å². The second-order valence-electron chi connectivity index (χ2n) is 3.42. The van der Waals surface area contributed by atoms with E-state index in [1.54, 1.807) is 6.07 Å². The minimum absolute atomic E-state index is 0.0289. The lowest BCUT2D eigenvalue weighted by atomic mass is 9.96. The van der Waals surface area contributed by atoms with Crippen LogP contribution in [-0.4, -0.2) is 16.6 Å². The van der Waals surface area contributed by atoms with E-state index in [2.05, 4.69) is 21.2 Å². The van der Waals surface area contributed by atoms with Gasteiger partial charge < -0.3 is 10.4 Å². The molecule has 0 spiro atoms. The number of benzene rings is 1. The van der Waals surface area contributed by atoms with Gasteiger partial charge in [0.1, 0.15) is 0 Å². The van der Waals surface area contributed by atoms with Crippen LogP contribution in [-0.2, 0) is 0 Å². The first kappa shape index (κ1) is 10.4. The molecule has 6 heteroatoms. The Balaban J connectivity index is 2.49. The van der Waals surface area contributed by atoms with Gasteiger partial charge in [-0.05, 0) is 19.0 Å². The smallest absolute Gasteiger partial charge is 0.312 e. The number of phenolic OH excluding ortho intramolecular Hbond substituents is 1. The third-order valence-corrected chi connectivity index (χ3v) is 2.94. The summed E-state index contributed by atoms with van der Waals surface area (Å²) in [5.74, 6) is -0.236. The summed E-state index contributed by atoms with van der Waals surface area (Å²) < 4.78 is 0.607. The topological polar surface area (TPSA) is 75.4 Å². The zero-order chi connectivity index (χ0) is 11.0. The Morgan fingerprint density at radius 3 is 2.73 bits per heavy atom. The Kier molecular flexibility index (Phi) is 2.62. The van der Waals surface area contributed by atoms with Gasteiger partial charge >= 0.3 is 5.69 Å². The van der Waals surface area contributed by atoms with Crippen LogP contribution >= 0.6 is 15.9 Å². The first-order valence-corrected chi connectivity index (χ1v) is 5.29. The second-order valence-corrected chi connectivity index (χ2v) is 4.33. The summed E-state index contributed by atoms with van der Waals surface area (Å²) in [6.45, 7) is 0.879. The highest BCUT2D eigenvalue weighted by molar-refractivity contribution is 9.10. The highest BCUT2D eigenvalue weighted by Crippen LogP contribution is 2.39. The summed E-state index contributed by atoms with van der Waals surface area (Å²) in [4.78, 5) is 10.1. The van der Waals surface area contributed by atoms with Gasteiger partial charge in [0, 0.05) is 22.1 Å². The molecule has 1 aliphatic rings. The number of phenols is 1. The van der Waals surface area contributed by atoms with Crippen LogP contribution in [0.25, 0.3) is 0 Å². The molecule has 0 aliphatic carbocycles. The number of aromatic hydroxyl groups is 1. The molecule has 0 radical (unpaired) electrons. The quantitative estimate of drug-likeness (QED) is 0.639. The number of hydrogen-bond donors (Lipinski definition) is 2. The third-order valence-electron chi connectivity index (χ3n) is 2.48. The van der Waals surface area contributed by atoms with Crippen molar-refractivity contribution >= 4 is 21.6 Å². The fourth-order valence-corrected chi connectivity index (χ4v) is 2.03. The highest BCUT2D eigenvalue weighted by atomic mass is 79.9. The van der Waals surface area contributed by atoms with Crippen LogP contribution in [0, 0.1) is 10.1 Å². The average molecular weight is 273 g/mol. The molecule has 2 rings (SSSR count). The van der Waals surface area contributed by atoms with Gasteiger partial charge in [0.25, 0.3) is 0 Å². The Morgan fingerprint density at radius 2 is 2.27 bits per heavy atom. The molecule has 5 nitrogen and oxygen atoms in total. The van der Waals surface area contributed by atoms with Gasteiger partial charge in [-0.25, -0.2) is 0 Å². The predicted octanol–water partition coefficient (Wildman–Crippen LogP) is 2.10. The van der Waals surface area contributed by atoms with Crippen LogP contribution in [0.4, 0.5) is 5.69 Å². The number of nitro groups is 1. The van der Waals surface area contributed by atoms with E-state index in [1.165, 1.54) is 6.07 Å². The van der Waals surface area contributed by atoms with Crippen molar-refractivity contribution in [1.29, 1.82) is 0 Å². The molecule has 0 aromatic heterocycles. The Hall–Kier alpha value is -1.14. The number of hydrogen-bond acceptors (Lipinski definition) is 4. The van der Waals surface area contributed by atoms with Crippen molar-refractivity contribution in [2.45, 2.75) is 12.5 Å². The predicted molar refractivity (Wildman–Crippen MR) is 57.8 cm³/mol. The fourth-order valence-electron chi connectivity index (χ4n) is 1.56. The standard InChI is InChI=1S/C9H9BrN2O3/c10-5-3-6(7-1-2-11-7)9(13)8(4-5)12(14)15/h3-4,7,11,13H,1-2H2/t7-/m0/s1. The van der Waals surface area contributed by atoms with Gasteiger partial charge in [0.05, 0.1) is 4.92 Å². The van der Waals surface area contributed by atoms with E-state index in [0.717, 1.165) is 13.0 Å². The van der Waals surface area contributed by atoms with Crippen molar-refractivity contribution < 1.29 is 10.0 Å². The zero-order valence-corrected chi connectivity index (χ0v) is 9.32. The normalized spacial score (nSPS) is 19.7. The second kappa shape index (κ2) is 3.79. The van der Waals surface area contributed by atoms with Gasteiger partial charge in [-0.2, -0.15) is 0 Å².